The van der Waals surface area contributed by atoms with Gasteiger partial charge in [-0.1, -0.05) is 205 Å². The molecule has 0 atom stereocenters. The maximum atomic E-state index is 15.3. The molecule has 15 heteroatoms. The van der Waals surface area contributed by atoms with Gasteiger partial charge in [0.1, 0.15) is 42.7 Å². The average molecular weight is 1120 g/mol. The Bertz CT molecular complexity index is 4060. The summed E-state index contributed by atoms with van der Waals surface area (Å²) >= 11 is 14.3. The molecule has 0 saturated carbocycles. The van der Waals surface area contributed by atoms with Crippen molar-refractivity contribution >= 4 is 45.8 Å². The second-order valence-electron chi connectivity index (χ2n) is 20.0. The number of hydrogen-bond donors (Lipinski definition) is 0. The number of aromatic nitrogens is 8. The van der Waals surface area contributed by atoms with Crippen LogP contribution >= 0.6 is 23.2 Å². The van der Waals surface area contributed by atoms with Crippen LogP contribution in [0.25, 0.3) is 22.2 Å². The van der Waals surface area contributed by atoms with Gasteiger partial charge in [-0.3, -0.25) is 23.1 Å². The van der Waals surface area contributed by atoms with Crippen LogP contribution in [0.15, 0.2) is 248 Å². The van der Waals surface area contributed by atoms with E-state index in [0.717, 1.165) is 38.9 Å². The highest BCUT2D eigenvalue weighted by Crippen LogP contribution is 2.45. The molecule has 0 radical (unpaired) electrons. The van der Waals surface area contributed by atoms with E-state index in [1.165, 1.54) is 26.2 Å². The molecule has 404 valence electrons. The number of rotatable bonds is 17. The van der Waals surface area contributed by atoms with Crippen molar-refractivity contribution in [3.8, 4) is 16.9 Å². The van der Waals surface area contributed by atoms with Gasteiger partial charge in [0, 0.05) is 18.3 Å². The van der Waals surface area contributed by atoms with Crippen LogP contribution in [0.1, 0.15) is 50.6 Å². The zero-order valence-corrected chi connectivity index (χ0v) is 46.1. The third kappa shape index (κ3) is 9.42. The number of amides is 1. The molecule has 0 aliphatic heterocycles. The fourth-order valence-corrected chi connectivity index (χ4v) is 12.2. The van der Waals surface area contributed by atoms with Crippen LogP contribution in [-0.4, -0.2) is 44.6 Å². The number of carbonyl (C=O) groups is 1. The van der Waals surface area contributed by atoms with Crippen molar-refractivity contribution in [1.82, 2.24) is 38.7 Å². The highest BCUT2D eigenvalue weighted by atomic mass is 35.5. The SMILES string of the molecule is Cc1cc(-c2cc(Cl)c(OCc3nncn3C(c3ccccc3)(c3ccccc3)c3ccccc3)c(Cl)c2)c2c(c1)n(CC(=O)N(Cc1nncn1C(c1ccccc1)(c1ccccc1)c1ccccc1)c1ccc(F)cc1)c(=O)n2C. The molecule has 12 aromatic rings. The number of hydrogen-bond acceptors (Lipinski definition) is 7. The van der Waals surface area contributed by atoms with Crippen molar-refractivity contribution < 1.29 is 13.9 Å². The zero-order valence-electron chi connectivity index (χ0n) is 44.6. The minimum absolute atomic E-state index is 0.0472. The number of imidazole rings is 1. The molecule has 0 aliphatic carbocycles. The number of halogens is 3. The lowest BCUT2D eigenvalue weighted by atomic mass is 9.76. The molecule has 1 amide bonds. The number of ether oxygens (including phenoxy) is 1. The van der Waals surface area contributed by atoms with E-state index in [-0.39, 0.29) is 35.5 Å². The summed E-state index contributed by atoms with van der Waals surface area (Å²) in [5.41, 5.74) is 6.94. The first-order valence-electron chi connectivity index (χ1n) is 26.6. The second-order valence-corrected chi connectivity index (χ2v) is 20.8. The van der Waals surface area contributed by atoms with E-state index in [9.17, 15) is 9.18 Å². The fourth-order valence-electron chi connectivity index (χ4n) is 11.6. The lowest BCUT2D eigenvalue weighted by Gasteiger charge is -2.38. The summed E-state index contributed by atoms with van der Waals surface area (Å²) in [7, 11) is 1.66. The number of aryl methyl sites for hydroxylation is 2. The van der Waals surface area contributed by atoms with Gasteiger partial charge in [-0.25, -0.2) is 9.18 Å². The Morgan fingerprint density at radius 2 is 0.988 bits per heavy atom. The van der Waals surface area contributed by atoms with Gasteiger partial charge < -0.3 is 9.64 Å². The van der Waals surface area contributed by atoms with Crippen molar-refractivity contribution in [3.63, 3.8) is 0 Å². The van der Waals surface area contributed by atoms with E-state index >= 15 is 4.79 Å². The Hall–Kier alpha value is -9.69. The van der Waals surface area contributed by atoms with E-state index in [2.05, 4.69) is 93.2 Å². The van der Waals surface area contributed by atoms with Gasteiger partial charge >= 0.3 is 5.69 Å². The van der Waals surface area contributed by atoms with Gasteiger partial charge in [0.2, 0.25) is 5.91 Å². The first-order valence-corrected chi connectivity index (χ1v) is 27.3. The smallest absolute Gasteiger partial charge is 0.329 e. The van der Waals surface area contributed by atoms with Gasteiger partial charge in [0.05, 0.1) is 27.6 Å². The molecule has 3 heterocycles. The van der Waals surface area contributed by atoms with E-state index < -0.39 is 28.5 Å². The topological polar surface area (TPSA) is 118 Å². The third-order valence-corrected chi connectivity index (χ3v) is 15.7. The quantitative estimate of drug-likeness (QED) is 0.0833. The van der Waals surface area contributed by atoms with Crippen LogP contribution < -0.4 is 15.3 Å². The molecule has 0 aliphatic rings. The van der Waals surface area contributed by atoms with Gasteiger partial charge in [-0.05, 0) is 100.0 Å². The lowest BCUT2D eigenvalue weighted by molar-refractivity contribution is -0.119. The Morgan fingerprint density at radius 1 is 0.573 bits per heavy atom. The predicted molar refractivity (Wildman–Crippen MR) is 319 cm³/mol. The Labute approximate surface area is 482 Å². The average Bonchev–Trinajstić information content (AvgIpc) is 2.63. The third-order valence-electron chi connectivity index (χ3n) is 15.2. The maximum absolute atomic E-state index is 15.3. The Morgan fingerprint density at radius 3 is 1.43 bits per heavy atom. The summed E-state index contributed by atoms with van der Waals surface area (Å²) in [5.74, 6) is 0.248. The summed E-state index contributed by atoms with van der Waals surface area (Å²) in [6.45, 7) is 1.39. The molecule has 0 fully saturated rings. The normalized spacial score (nSPS) is 11.7. The fraction of sp³-hybridized carbons (Fsp3) is 0.104. The summed E-state index contributed by atoms with van der Waals surface area (Å²) in [4.78, 5) is 31.4. The molecule has 0 saturated heterocycles. The largest absolute Gasteiger partial charge is 0.482 e. The second kappa shape index (κ2) is 22.4. The van der Waals surface area contributed by atoms with Crippen molar-refractivity contribution in [2.45, 2.75) is 37.7 Å². The monoisotopic (exact) mass is 1120 g/mol. The minimum Gasteiger partial charge on any atom is -0.482 e. The first kappa shape index (κ1) is 53.0. The molecule has 9 aromatic carbocycles. The van der Waals surface area contributed by atoms with Crippen LogP contribution in [0, 0.1) is 12.7 Å². The summed E-state index contributed by atoms with van der Waals surface area (Å²) in [6.07, 6.45) is 3.39. The molecule has 12 rings (SSSR count). The highest BCUT2D eigenvalue weighted by molar-refractivity contribution is 6.37. The van der Waals surface area contributed by atoms with E-state index in [0.29, 0.717) is 39.5 Å². The van der Waals surface area contributed by atoms with Crippen LogP contribution in [0.5, 0.6) is 5.75 Å². The van der Waals surface area contributed by atoms with Crippen LogP contribution in [0.3, 0.4) is 0 Å². The molecule has 0 unspecified atom stereocenters. The number of benzene rings is 9. The molecule has 0 spiro atoms. The standard InChI is InChI=1S/C67H52Cl2FN9O3/c1-46-37-56(47-39-57(68)64(58(69)40-47)82-43-61-74-72-45-79(61)67(51-27-15-6-16-28-51,52-29-17-7-18-30-52)53-31-19-8-20-32-53)63-59(38-46)77(65(81)75(63)2)42-62(80)76(55-35-33-54(70)34-36-55)41-60-73-71-44-78(60)66(48-21-9-3-10-22-48,49-23-11-4-12-24-49)50-25-13-5-14-26-50/h3-40,44-45H,41-43H2,1-2H3. The molecule has 12 nitrogen and oxygen atoms in total. The predicted octanol–water partition coefficient (Wildman–Crippen LogP) is 13.4. The highest BCUT2D eigenvalue weighted by Gasteiger charge is 2.42. The molecule has 3 aromatic heterocycles. The molecular formula is C67H52Cl2FN9O3. The van der Waals surface area contributed by atoms with Crippen LogP contribution in [0.4, 0.5) is 10.1 Å². The molecule has 0 N–H and O–H groups in total. The lowest BCUT2D eigenvalue weighted by Crippen LogP contribution is -2.41. The Balaban J connectivity index is 0.888. The number of nitrogens with zero attached hydrogens (tertiary/aromatic N) is 9. The zero-order chi connectivity index (χ0) is 56.4. The van der Waals surface area contributed by atoms with E-state index in [1.807, 2.05) is 137 Å². The summed E-state index contributed by atoms with van der Waals surface area (Å²) in [6, 6.07) is 73.8. The minimum atomic E-state index is -1.00. The van der Waals surface area contributed by atoms with Crippen LogP contribution in [0.2, 0.25) is 10.0 Å². The van der Waals surface area contributed by atoms with Gasteiger partial charge in [0.15, 0.2) is 17.4 Å². The van der Waals surface area contributed by atoms with Crippen LogP contribution in [-0.2, 0) is 42.6 Å². The van der Waals surface area contributed by atoms with Crippen molar-refractivity contribution in [1.29, 1.82) is 0 Å². The van der Waals surface area contributed by atoms with Crippen molar-refractivity contribution in [3.05, 3.63) is 320 Å². The number of anilines is 1. The Kier molecular flexibility index (Phi) is 14.5. The van der Waals surface area contributed by atoms with Crippen molar-refractivity contribution in [2.75, 3.05) is 4.90 Å². The van der Waals surface area contributed by atoms with Crippen molar-refractivity contribution in [2.24, 2.45) is 7.05 Å². The first-order chi connectivity index (χ1) is 40.1. The number of carbonyl (C=O) groups excluding carboxylic acids is 1. The number of fused-ring (bicyclic) bond motifs is 1. The molecule has 82 heavy (non-hydrogen) atoms. The summed E-state index contributed by atoms with van der Waals surface area (Å²) < 4.78 is 28.2. The van der Waals surface area contributed by atoms with E-state index in [4.69, 9.17) is 27.9 Å². The summed E-state index contributed by atoms with van der Waals surface area (Å²) in [5, 5.41) is 18.6. The van der Waals surface area contributed by atoms with Gasteiger partial charge in [-0.2, -0.15) is 0 Å². The molecule has 0 bridgehead atoms. The van der Waals surface area contributed by atoms with Gasteiger partial charge in [0.25, 0.3) is 0 Å². The molecular weight excluding hydrogens is 1070 g/mol. The van der Waals surface area contributed by atoms with Gasteiger partial charge in [-0.15, -0.1) is 20.4 Å². The maximum Gasteiger partial charge on any atom is 0.329 e. The van der Waals surface area contributed by atoms with E-state index in [1.54, 1.807) is 44.0 Å².